The molecule has 0 spiro atoms. The minimum atomic E-state index is -3.73. The van der Waals surface area contributed by atoms with E-state index in [9.17, 15) is 13.2 Å². The fourth-order valence-corrected chi connectivity index (χ4v) is 3.17. The van der Waals surface area contributed by atoms with E-state index in [0.717, 1.165) is 4.68 Å². The Morgan fingerprint density at radius 2 is 2.18 bits per heavy atom. The van der Waals surface area contributed by atoms with Crippen LogP contribution in [-0.4, -0.2) is 42.5 Å². The summed E-state index contributed by atoms with van der Waals surface area (Å²) < 4.78 is 27.1. The van der Waals surface area contributed by atoms with Gasteiger partial charge in [-0.2, -0.15) is 0 Å². The van der Waals surface area contributed by atoms with Crippen LogP contribution in [-0.2, 0) is 17.1 Å². The van der Waals surface area contributed by atoms with Gasteiger partial charge in [-0.1, -0.05) is 5.21 Å². The highest BCUT2D eigenvalue weighted by Gasteiger charge is 2.23. The van der Waals surface area contributed by atoms with E-state index in [4.69, 9.17) is 5.73 Å². The van der Waals surface area contributed by atoms with E-state index < -0.39 is 16.1 Å². The molecule has 0 aliphatic heterocycles. The number of nitrogens with zero attached hydrogens (tertiary/aromatic N) is 3. The zero-order chi connectivity index (χ0) is 13.1. The van der Waals surface area contributed by atoms with Crippen molar-refractivity contribution in [3.8, 4) is 0 Å². The molecule has 0 aliphatic rings. The molecule has 0 unspecified atom stereocenters. The standard InChI is InChI=1S/C6H11BrN6O3S/c1-13-5(4(7)11-12-13)17(15,16)10-3-2-9-6(8)14/h10H,2-3H2,1H3,(H3,8,9,14). The molecule has 0 saturated heterocycles. The number of rotatable bonds is 5. The van der Waals surface area contributed by atoms with Gasteiger partial charge in [0.2, 0.25) is 5.03 Å². The fraction of sp³-hybridized carbons (Fsp3) is 0.500. The van der Waals surface area contributed by atoms with Gasteiger partial charge in [0.15, 0.2) is 4.60 Å². The molecule has 0 bridgehead atoms. The summed E-state index contributed by atoms with van der Waals surface area (Å²) in [6.45, 7) is 0.111. The quantitative estimate of drug-likeness (QED) is 0.568. The lowest BCUT2D eigenvalue weighted by molar-refractivity contribution is 0.249. The number of primary amides is 1. The number of hydrogen-bond donors (Lipinski definition) is 3. The van der Waals surface area contributed by atoms with Gasteiger partial charge in [0, 0.05) is 20.1 Å². The maximum absolute atomic E-state index is 11.8. The van der Waals surface area contributed by atoms with Gasteiger partial charge in [0.1, 0.15) is 0 Å². The molecule has 1 aromatic heterocycles. The van der Waals surface area contributed by atoms with Gasteiger partial charge in [-0.05, 0) is 15.9 Å². The van der Waals surface area contributed by atoms with E-state index in [2.05, 4.69) is 36.3 Å². The van der Waals surface area contributed by atoms with Gasteiger partial charge in [-0.3, -0.25) is 0 Å². The Kier molecular flexibility index (Phi) is 4.42. The minimum Gasteiger partial charge on any atom is -0.352 e. The largest absolute Gasteiger partial charge is 0.352 e. The molecule has 0 aliphatic carbocycles. The summed E-state index contributed by atoms with van der Waals surface area (Å²) in [5.41, 5.74) is 4.83. The van der Waals surface area contributed by atoms with Crippen molar-refractivity contribution in [3.05, 3.63) is 4.60 Å². The van der Waals surface area contributed by atoms with E-state index in [1.807, 2.05) is 0 Å². The topological polar surface area (TPSA) is 132 Å². The molecule has 1 heterocycles. The molecule has 1 aromatic rings. The molecule has 0 atom stereocenters. The average Bonchev–Trinajstić information content (AvgIpc) is 2.53. The van der Waals surface area contributed by atoms with Crippen LogP contribution < -0.4 is 15.8 Å². The monoisotopic (exact) mass is 326 g/mol. The molecular weight excluding hydrogens is 316 g/mol. The Morgan fingerprint density at radius 3 is 2.65 bits per heavy atom. The molecule has 2 amide bonds. The van der Waals surface area contributed by atoms with Crippen LogP contribution in [0.4, 0.5) is 4.79 Å². The molecule has 17 heavy (non-hydrogen) atoms. The summed E-state index contributed by atoms with van der Waals surface area (Å²) in [5.74, 6) is 0. The van der Waals surface area contributed by atoms with E-state index in [0.29, 0.717) is 0 Å². The van der Waals surface area contributed by atoms with E-state index in [-0.39, 0.29) is 22.7 Å². The van der Waals surface area contributed by atoms with Gasteiger partial charge in [0.25, 0.3) is 10.0 Å². The Bertz CT molecular complexity index is 492. The molecule has 0 fully saturated rings. The number of nitrogens with one attached hydrogen (secondary N) is 2. The first-order chi connectivity index (χ1) is 7.84. The van der Waals surface area contributed by atoms with Gasteiger partial charge in [0.05, 0.1) is 0 Å². The van der Waals surface area contributed by atoms with Crippen molar-refractivity contribution in [1.82, 2.24) is 25.0 Å². The van der Waals surface area contributed by atoms with Crippen LogP contribution in [0.1, 0.15) is 0 Å². The molecule has 9 nitrogen and oxygen atoms in total. The third-order valence-corrected chi connectivity index (χ3v) is 4.06. The normalized spacial score (nSPS) is 11.4. The Labute approximate surface area is 106 Å². The molecule has 0 radical (unpaired) electrons. The number of urea groups is 1. The summed E-state index contributed by atoms with van der Waals surface area (Å²) in [6, 6.07) is -0.715. The van der Waals surface area contributed by atoms with Crippen LogP contribution in [0.3, 0.4) is 0 Å². The van der Waals surface area contributed by atoms with Crippen molar-refractivity contribution in [2.24, 2.45) is 12.8 Å². The van der Waals surface area contributed by atoms with Crippen LogP contribution in [0.2, 0.25) is 0 Å². The maximum atomic E-state index is 11.8. The Hall–Kier alpha value is -1.20. The van der Waals surface area contributed by atoms with Crippen LogP contribution in [0.5, 0.6) is 0 Å². The van der Waals surface area contributed by atoms with Crippen LogP contribution in [0, 0.1) is 0 Å². The number of carbonyl (C=O) groups is 1. The van der Waals surface area contributed by atoms with Gasteiger partial charge in [-0.25, -0.2) is 22.6 Å². The summed E-state index contributed by atoms with van der Waals surface area (Å²) in [7, 11) is -2.27. The summed E-state index contributed by atoms with van der Waals surface area (Å²) >= 11 is 2.98. The summed E-state index contributed by atoms with van der Waals surface area (Å²) in [5, 5.41) is 9.28. The third kappa shape index (κ3) is 3.64. The van der Waals surface area contributed by atoms with Crippen LogP contribution >= 0.6 is 15.9 Å². The van der Waals surface area contributed by atoms with Crippen molar-refractivity contribution in [2.75, 3.05) is 13.1 Å². The van der Waals surface area contributed by atoms with Crippen LogP contribution in [0.25, 0.3) is 0 Å². The van der Waals surface area contributed by atoms with E-state index >= 15 is 0 Å². The molecule has 11 heteroatoms. The Balaban J connectivity index is 2.67. The number of aryl methyl sites for hydroxylation is 1. The number of sulfonamides is 1. The van der Waals surface area contributed by atoms with E-state index in [1.54, 1.807) is 0 Å². The highest BCUT2D eigenvalue weighted by atomic mass is 79.9. The number of amides is 2. The van der Waals surface area contributed by atoms with E-state index in [1.165, 1.54) is 7.05 Å². The third-order valence-electron chi connectivity index (χ3n) is 1.71. The van der Waals surface area contributed by atoms with Gasteiger partial charge >= 0.3 is 6.03 Å². The van der Waals surface area contributed by atoms with Gasteiger partial charge < -0.3 is 11.1 Å². The highest BCUT2D eigenvalue weighted by molar-refractivity contribution is 9.10. The zero-order valence-corrected chi connectivity index (χ0v) is 11.2. The summed E-state index contributed by atoms with van der Waals surface area (Å²) in [4.78, 5) is 10.4. The molecule has 1 rings (SSSR count). The first-order valence-corrected chi connectivity index (χ1v) is 6.70. The van der Waals surface area contributed by atoms with Crippen molar-refractivity contribution in [3.63, 3.8) is 0 Å². The fourth-order valence-electron chi connectivity index (χ4n) is 1.05. The number of halogens is 1. The highest BCUT2D eigenvalue weighted by Crippen LogP contribution is 2.16. The minimum absolute atomic E-state index is 0.0168. The molecule has 0 aromatic carbocycles. The molecule has 96 valence electrons. The smallest absolute Gasteiger partial charge is 0.312 e. The first kappa shape index (κ1) is 13.9. The average molecular weight is 327 g/mol. The molecular formula is C6H11BrN6O3S. The van der Waals surface area contributed by atoms with Crippen molar-refractivity contribution >= 4 is 32.0 Å². The number of nitrogens with two attached hydrogens (primary N) is 1. The van der Waals surface area contributed by atoms with Crippen molar-refractivity contribution < 1.29 is 13.2 Å². The molecule has 0 saturated carbocycles. The lowest BCUT2D eigenvalue weighted by Crippen LogP contribution is -2.37. The Morgan fingerprint density at radius 1 is 1.53 bits per heavy atom. The maximum Gasteiger partial charge on any atom is 0.312 e. The lowest BCUT2D eigenvalue weighted by atomic mass is 10.6. The molecule has 4 N–H and O–H groups in total. The second kappa shape index (κ2) is 5.42. The second-order valence-electron chi connectivity index (χ2n) is 3.00. The second-order valence-corrected chi connectivity index (χ2v) is 5.43. The predicted octanol–water partition coefficient (Wildman–Crippen LogP) is -1.48. The SMILES string of the molecule is Cn1nnc(Br)c1S(=O)(=O)NCCNC(N)=O. The zero-order valence-electron chi connectivity index (χ0n) is 8.84. The number of aromatic nitrogens is 3. The summed E-state index contributed by atoms with van der Waals surface area (Å²) in [6.07, 6.45) is 0. The lowest BCUT2D eigenvalue weighted by Gasteiger charge is -2.06. The van der Waals surface area contributed by atoms with Crippen molar-refractivity contribution in [1.29, 1.82) is 0 Å². The predicted molar refractivity (Wildman–Crippen MR) is 61.5 cm³/mol. The van der Waals surface area contributed by atoms with Crippen molar-refractivity contribution in [2.45, 2.75) is 5.03 Å². The number of carbonyl (C=O) groups excluding carboxylic acids is 1. The first-order valence-electron chi connectivity index (χ1n) is 4.42. The van der Waals surface area contributed by atoms with Crippen LogP contribution in [0.15, 0.2) is 9.63 Å². The van der Waals surface area contributed by atoms with Gasteiger partial charge in [-0.15, -0.1) is 5.10 Å². The number of hydrogen-bond acceptors (Lipinski definition) is 5.